The third kappa shape index (κ3) is 5.45. The molecule has 0 bridgehead atoms. The lowest BCUT2D eigenvalue weighted by Gasteiger charge is -2.07. The first-order valence-electron chi connectivity index (χ1n) is 7.61. The number of amides is 1. The zero-order valence-corrected chi connectivity index (χ0v) is 13.3. The van der Waals surface area contributed by atoms with E-state index < -0.39 is 22.3 Å². The number of rotatable bonds is 8. The maximum absolute atomic E-state index is 12.7. The van der Waals surface area contributed by atoms with Gasteiger partial charge in [0.2, 0.25) is 0 Å². The first kappa shape index (κ1) is 18.2. The molecule has 7 nitrogen and oxygen atoms in total. The fourth-order valence-electron chi connectivity index (χ4n) is 2.07. The van der Waals surface area contributed by atoms with Gasteiger partial charge in [-0.15, -0.1) is 0 Å². The van der Waals surface area contributed by atoms with Crippen molar-refractivity contribution in [1.82, 2.24) is 5.32 Å². The molecule has 25 heavy (non-hydrogen) atoms. The van der Waals surface area contributed by atoms with Crippen molar-refractivity contribution >= 4 is 11.6 Å². The van der Waals surface area contributed by atoms with Gasteiger partial charge in [0.25, 0.3) is 5.91 Å². The van der Waals surface area contributed by atoms with E-state index in [0.29, 0.717) is 31.7 Å². The van der Waals surface area contributed by atoms with Crippen LogP contribution in [-0.2, 0) is 0 Å². The monoisotopic (exact) mass is 348 g/mol. The molecule has 132 valence electrons. The first-order chi connectivity index (χ1) is 12.0. The Labute approximate surface area is 143 Å². The van der Waals surface area contributed by atoms with Crippen LogP contribution in [0.3, 0.4) is 0 Å². The largest absolute Gasteiger partial charge is 0.502 e. The standard InChI is InChI=1S/C17H17FN2O5/c18-13-4-6-14(7-5-13)25-10-2-1-9-19-17(22)12-3-8-15(20(23)24)16(21)11-12/h3-8,11,21H,1-2,9-10H2,(H,19,22). The molecule has 0 atom stereocenters. The number of carbonyl (C=O) groups is 1. The summed E-state index contributed by atoms with van der Waals surface area (Å²) < 4.78 is 18.2. The molecule has 2 aromatic rings. The van der Waals surface area contributed by atoms with E-state index in [2.05, 4.69) is 5.32 Å². The van der Waals surface area contributed by atoms with Crippen LogP contribution in [0.15, 0.2) is 42.5 Å². The van der Waals surface area contributed by atoms with E-state index in [-0.39, 0.29) is 11.4 Å². The van der Waals surface area contributed by atoms with Crippen molar-refractivity contribution in [1.29, 1.82) is 0 Å². The summed E-state index contributed by atoms with van der Waals surface area (Å²) >= 11 is 0. The SMILES string of the molecule is O=C(NCCCCOc1ccc(F)cc1)c1ccc([N+](=O)[O-])c(O)c1. The van der Waals surface area contributed by atoms with E-state index in [4.69, 9.17) is 4.74 Å². The Hall–Kier alpha value is -3.16. The number of carbonyl (C=O) groups excluding carboxylic acids is 1. The summed E-state index contributed by atoms with van der Waals surface area (Å²) in [4.78, 5) is 21.8. The lowest BCUT2D eigenvalue weighted by Crippen LogP contribution is -2.24. The highest BCUT2D eigenvalue weighted by Gasteiger charge is 2.15. The second-order valence-electron chi connectivity index (χ2n) is 5.23. The number of phenols is 1. The van der Waals surface area contributed by atoms with Gasteiger partial charge >= 0.3 is 5.69 Å². The van der Waals surface area contributed by atoms with Crippen molar-refractivity contribution in [2.45, 2.75) is 12.8 Å². The number of nitro groups is 1. The Morgan fingerprint density at radius 3 is 2.56 bits per heavy atom. The molecular weight excluding hydrogens is 331 g/mol. The Kier molecular flexibility index (Phi) is 6.27. The number of nitrogens with one attached hydrogen (secondary N) is 1. The zero-order valence-electron chi connectivity index (χ0n) is 13.3. The molecule has 2 aromatic carbocycles. The molecule has 0 spiro atoms. The molecular formula is C17H17FN2O5. The molecule has 8 heteroatoms. The minimum Gasteiger partial charge on any atom is -0.502 e. The van der Waals surface area contributed by atoms with Gasteiger partial charge in [-0.2, -0.15) is 0 Å². The molecule has 2 rings (SSSR count). The van der Waals surface area contributed by atoms with E-state index in [0.717, 1.165) is 12.1 Å². The normalized spacial score (nSPS) is 10.3. The summed E-state index contributed by atoms with van der Waals surface area (Å²) in [5, 5.41) is 22.8. The van der Waals surface area contributed by atoms with Crippen LogP contribution in [-0.4, -0.2) is 29.1 Å². The first-order valence-corrected chi connectivity index (χ1v) is 7.61. The summed E-state index contributed by atoms with van der Waals surface area (Å²) in [6.07, 6.45) is 1.34. The number of halogens is 1. The summed E-state index contributed by atoms with van der Waals surface area (Å²) in [7, 11) is 0. The quantitative estimate of drug-likeness (QED) is 0.434. The molecule has 0 heterocycles. The van der Waals surface area contributed by atoms with Crippen molar-refractivity contribution in [2.24, 2.45) is 0 Å². The molecule has 0 fully saturated rings. The van der Waals surface area contributed by atoms with Gasteiger partial charge in [-0.05, 0) is 49.2 Å². The predicted octanol–water partition coefficient (Wildman–Crippen LogP) is 3.03. The van der Waals surface area contributed by atoms with Crippen molar-refractivity contribution in [3.05, 3.63) is 64.0 Å². The van der Waals surface area contributed by atoms with Crippen LogP contribution in [0.5, 0.6) is 11.5 Å². The van der Waals surface area contributed by atoms with E-state index in [9.17, 15) is 24.4 Å². The number of benzene rings is 2. The highest BCUT2D eigenvalue weighted by Crippen LogP contribution is 2.26. The number of phenolic OH excluding ortho intramolecular Hbond substituents is 1. The van der Waals surface area contributed by atoms with Crippen molar-refractivity contribution in [3.8, 4) is 11.5 Å². The maximum Gasteiger partial charge on any atom is 0.310 e. The highest BCUT2D eigenvalue weighted by molar-refractivity contribution is 5.95. The van der Waals surface area contributed by atoms with Crippen LogP contribution in [0, 0.1) is 15.9 Å². The average Bonchev–Trinajstić information content (AvgIpc) is 2.58. The lowest BCUT2D eigenvalue weighted by molar-refractivity contribution is -0.385. The fraction of sp³-hybridized carbons (Fsp3) is 0.235. The van der Waals surface area contributed by atoms with E-state index in [1.165, 1.54) is 30.3 Å². The van der Waals surface area contributed by atoms with Crippen LogP contribution in [0.25, 0.3) is 0 Å². The van der Waals surface area contributed by atoms with Gasteiger partial charge in [0, 0.05) is 18.2 Å². The number of nitrogens with zero attached hydrogens (tertiary/aromatic N) is 1. The third-order valence-corrected chi connectivity index (χ3v) is 3.37. The molecule has 0 aliphatic carbocycles. The minimum absolute atomic E-state index is 0.144. The molecule has 0 unspecified atom stereocenters. The summed E-state index contributed by atoms with van der Waals surface area (Å²) in [5.41, 5.74) is -0.305. The number of hydrogen-bond donors (Lipinski definition) is 2. The van der Waals surface area contributed by atoms with Gasteiger partial charge in [0.05, 0.1) is 11.5 Å². The Morgan fingerprint density at radius 1 is 1.20 bits per heavy atom. The average molecular weight is 348 g/mol. The minimum atomic E-state index is -0.724. The van der Waals surface area contributed by atoms with Crippen LogP contribution in [0.4, 0.5) is 10.1 Å². The van der Waals surface area contributed by atoms with Gasteiger partial charge in [-0.3, -0.25) is 14.9 Å². The van der Waals surface area contributed by atoms with Crippen molar-refractivity contribution in [2.75, 3.05) is 13.2 Å². The van der Waals surface area contributed by atoms with Crippen LogP contribution in [0.2, 0.25) is 0 Å². The number of unbranched alkanes of at least 4 members (excludes halogenated alkanes) is 1. The van der Waals surface area contributed by atoms with Crippen LogP contribution in [0.1, 0.15) is 23.2 Å². The highest BCUT2D eigenvalue weighted by atomic mass is 19.1. The fourth-order valence-corrected chi connectivity index (χ4v) is 2.07. The molecule has 0 saturated heterocycles. The molecule has 0 aliphatic rings. The lowest BCUT2D eigenvalue weighted by atomic mass is 10.1. The van der Waals surface area contributed by atoms with Gasteiger partial charge in [-0.25, -0.2) is 4.39 Å². The Bertz CT molecular complexity index is 749. The smallest absolute Gasteiger partial charge is 0.310 e. The van der Waals surface area contributed by atoms with Crippen molar-refractivity contribution in [3.63, 3.8) is 0 Å². The third-order valence-electron chi connectivity index (χ3n) is 3.37. The summed E-state index contributed by atoms with van der Waals surface area (Å²) in [6, 6.07) is 9.14. The van der Waals surface area contributed by atoms with Crippen LogP contribution >= 0.6 is 0 Å². The van der Waals surface area contributed by atoms with Gasteiger partial charge in [0.15, 0.2) is 5.75 Å². The van der Waals surface area contributed by atoms with Crippen molar-refractivity contribution < 1.29 is 24.0 Å². The molecule has 0 aromatic heterocycles. The van der Waals surface area contributed by atoms with E-state index in [1.54, 1.807) is 0 Å². The number of hydrogen-bond acceptors (Lipinski definition) is 5. The zero-order chi connectivity index (χ0) is 18.2. The molecule has 0 aliphatic heterocycles. The maximum atomic E-state index is 12.7. The molecule has 0 saturated carbocycles. The summed E-state index contributed by atoms with van der Waals surface area (Å²) in [5.74, 6) is -0.728. The van der Waals surface area contributed by atoms with Gasteiger partial charge in [-0.1, -0.05) is 0 Å². The topological polar surface area (TPSA) is 102 Å². The Morgan fingerprint density at radius 2 is 1.92 bits per heavy atom. The molecule has 1 amide bonds. The second-order valence-corrected chi connectivity index (χ2v) is 5.23. The molecule has 2 N–H and O–H groups in total. The van der Waals surface area contributed by atoms with Gasteiger partial charge < -0.3 is 15.2 Å². The predicted molar refractivity (Wildman–Crippen MR) is 88.2 cm³/mol. The number of ether oxygens (including phenoxy) is 1. The Balaban J connectivity index is 1.69. The van der Waals surface area contributed by atoms with Gasteiger partial charge in [0.1, 0.15) is 11.6 Å². The number of aromatic hydroxyl groups is 1. The van der Waals surface area contributed by atoms with Crippen LogP contribution < -0.4 is 10.1 Å². The summed E-state index contributed by atoms with van der Waals surface area (Å²) in [6.45, 7) is 0.823. The van der Waals surface area contributed by atoms with E-state index in [1.807, 2.05) is 0 Å². The van der Waals surface area contributed by atoms with E-state index >= 15 is 0 Å². The second kappa shape index (κ2) is 8.62. The number of nitro benzene ring substituents is 1. The molecule has 0 radical (unpaired) electrons.